The molecule has 2 heteroatoms. The second-order valence-corrected chi connectivity index (χ2v) is 9.17. The number of rotatable bonds is 9. The van der Waals surface area contributed by atoms with Crippen molar-refractivity contribution in [1.82, 2.24) is 0 Å². The van der Waals surface area contributed by atoms with Gasteiger partial charge < -0.3 is 9.47 Å². The average Bonchev–Trinajstić information content (AvgIpc) is 2.74. The van der Waals surface area contributed by atoms with Gasteiger partial charge in [0, 0.05) is 12.7 Å². The zero-order valence-electron chi connectivity index (χ0n) is 19.9. The van der Waals surface area contributed by atoms with Crippen LogP contribution in [-0.4, -0.2) is 20.3 Å². The van der Waals surface area contributed by atoms with E-state index in [4.69, 9.17) is 15.9 Å². The van der Waals surface area contributed by atoms with Gasteiger partial charge in [-0.2, -0.15) is 0 Å². The molecule has 1 unspecified atom stereocenters. The molecule has 0 aliphatic carbocycles. The first-order valence-corrected chi connectivity index (χ1v) is 10.8. The summed E-state index contributed by atoms with van der Waals surface area (Å²) in [5.74, 6) is 3.64. The molecule has 0 bridgehead atoms. The minimum Gasteiger partial charge on any atom is -0.481 e. The highest BCUT2D eigenvalue weighted by atomic mass is 16.5. The number of hydrogen-bond donors (Lipinski definition) is 0. The molecular formula is C29H36O2. The number of allylic oxidation sites excluding steroid dienone is 2. The molecule has 1 atom stereocenters. The summed E-state index contributed by atoms with van der Waals surface area (Å²) < 4.78 is 12.0. The Kier molecular flexibility index (Phi) is 8.31. The zero-order valence-corrected chi connectivity index (χ0v) is 19.9. The molecule has 0 fully saturated rings. The highest BCUT2D eigenvalue weighted by molar-refractivity contribution is 5.57. The minimum atomic E-state index is -0.552. The molecule has 0 heterocycles. The van der Waals surface area contributed by atoms with Gasteiger partial charge >= 0.3 is 0 Å². The SMILES string of the molecule is C#CCOc1ccc(C(C)(C)C)cc1C(COC)(C(=CC=C)C(C)C)c1ccccc1. The Morgan fingerprint density at radius 3 is 2.29 bits per heavy atom. The van der Waals surface area contributed by atoms with Crippen LogP contribution in [0.1, 0.15) is 51.3 Å². The van der Waals surface area contributed by atoms with Crippen LogP contribution in [0.2, 0.25) is 0 Å². The van der Waals surface area contributed by atoms with E-state index in [0.717, 1.165) is 16.9 Å². The van der Waals surface area contributed by atoms with E-state index >= 15 is 0 Å². The molecule has 0 aromatic heterocycles. The fraction of sp³-hybridized carbons (Fsp3) is 0.379. The van der Waals surface area contributed by atoms with Gasteiger partial charge in [-0.05, 0) is 28.5 Å². The van der Waals surface area contributed by atoms with Gasteiger partial charge in [0.1, 0.15) is 12.4 Å². The van der Waals surface area contributed by atoms with E-state index in [9.17, 15) is 0 Å². The molecule has 0 aliphatic heterocycles. The number of benzene rings is 2. The third kappa shape index (κ3) is 5.30. The van der Waals surface area contributed by atoms with Crippen molar-refractivity contribution in [1.29, 1.82) is 0 Å². The number of methoxy groups -OCH3 is 1. The summed E-state index contributed by atoms with van der Waals surface area (Å²) in [6, 6.07) is 16.9. The van der Waals surface area contributed by atoms with Crippen LogP contribution in [0.25, 0.3) is 0 Å². The maximum atomic E-state index is 6.09. The summed E-state index contributed by atoms with van der Waals surface area (Å²) in [6.45, 7) is 15.7. The maximum absolute atomic E-state index is 6.09. The van der Waals surface area contributed by atoms with Crippen LogP contribution in [0, 0.1) is 18.3 Å². The van der Waals surface area contributed by atoms with E-state index in [2.05, 4.69) is 89.6 Å². The number of ether oxygens (including phenoxy) is 2. The molecule has 0 aliphatic rings. The molecule has 0 saturated heterocycles. The van der Waals surface area contributed by atoms with Crippen molar-refractivity contribution >= 4 is 0 Å². The molecule has 2 aromatic carbocycles. The van der Waals surface area contributed by atoms with Crippen LogP contribution < -0.4 is 4.74 Å². The van der Waals surface area contributed by atoms with Crippen LogP contribution >= 0.6 is 0 Å². The van der Waals surface area contributed by atoms with Crippen molar-refractivity contribution in [2.45, 2.75) is 45.4 Å². The van der Waals surface area contributed by atoms with Crippen molar-refractivity contribution in [3.05, 3.63) is 89.5 Å². The first-order valence-electron chi connectivity index (χ1n) is 10.8. The van der Waals surface area contributed by atoms with Crippen LogP contribution in [-0.2, 0) is 15.6 Å². The molecule has 2 aromatic rings. The first-order chi connectivity index (χ1) is 14.7. The van der Waals surface area contributed by atoms with Gasteiger partial charge in [0.05, 0.1) is 12.0 Å². The lowest BCUT2D eigenvalue weighted by atomic mass is 9.65. The molecule has 164 valence electrons. The molecule has 0 radical (unpaired) electrons. The third-order valence-corrected chi connectivity index (χ3v) is 5.66. The molecular weight excluding hydrogens is 380 g/mol. The summed E-state index contributed by atoms with van der Waals surface area (Å²) >= 11 is 0. The van der Waals surface area contributed by atoms with E-state index < -0.39 is 5.41 Å². The maximum Gasteiger partial charge on any atom is 0.148 e. The summed E-state index contributed by atoms with van der Waals surface area (Å²) in [7, 11) is 1.75. The predicted octanol–water partition coefficient (Wildman–Crippen LogP) is 6.70. The topological polar surface area (TPSA) is 18.5 Å². The Bertz CT molecular complexity index is 939. The minimum absolute atomic E-state index is 0.0188. The van der Waals surface area contributed by atoms with Gasteiger partial charge in [-0.1, -0.05) is 107 Å². The standard InChI is InChI=1S/C29H36O2/c1-9-14-25(22(3)4)29(21-30-8,23-15-12-11-13-16-23)26-20-24(28(5,6)7)17-18-27(26)31-19-10-2/h2,9,11-18,20,22H,1,19,21H2,3-8H3. The van der Waals surface area contributed by atoms with Crippen LogP contribution in [0.15, 0.2) is 72.8 Å². The van der Waals surface area contributed by atoms with Crippen molar-refractivity contribution in [2.24, 2.45) is 5.92 Å². The van der Waals surface area contributed by atoms with E-state index in [1.54, 1.807) is 7.11 Å². The predicted molar refractivity (Wildman–Crippen MR) is 132 cm³/mol. The molecule has 2 rings (SSSR count). The third-order valence-electron chi connectivity index (χ3n) is 5.66. The summed E-state index contributed by atoms with van der Waals surface area (Å²) in [5, 5.41) is 0. The van der Waals surface area contributed by atoms with Crippen molar-refractivity contribution in [2.75, 3.05) is 20.3 Å². The fourth-order valence-electron chi connectivity index (χ4n) is 4.19. The lowest BCUT2D eigenvalue weighted by Crippen LogP contribution is -2.38. The first kappa shape index (κ1) is 24.5. The summed E-state index contributed by atoms with van der Waals surface area (Å²) in [6.07, 6.45) is 9.51. The quantitative estimate of drug-likeness (QED) is 0.335. The largest absolute Gasteiger partial charge is 0.481 e. The molecule has 0 N–H and O–H groups in total. The van der Waals surface area contributed by atoms with Gasteiger partial charge in [-0.3, -0.25) is 0 Å². The van der Waals surface area contributed by atoms with Gasteiger partial charge in [-0.25, -0.2) is 0 Å². The summed E-state index contributed by atoms with van der Waals surface area (Å²) in [4.78, 5) is 0. The van der Waals surface area contributed by atoms with Crippen molar-refractivity contribution in [3.63, 3.8) is 0 Å². The lowest BCUT2D eigenvalue weighted by Gasteiger charge is -2.40. The highest BCUT2D eigenvalue weighted by Crippen LogP contribution is 2.47. The van der Waals surface area contributed by atoms with E-state index in [1.807, 2.05) is 18.2 Å². The second kappa shape index (κ2) is 10.5. The van der Waals surface area contributed by atoms with E-state index in [-0.39, 0.29) is 17.9 Å². The lowest BCUT2D eigenvalue weighted by molar-refractivity contribution is 0.156. The normalized spacial score (nSPS) is 14.1. The Balaban J connectivity index is 3.02. The monoisotopic (exact) mass is 416 g/mol. The smallest absolute Gasteiger partial charge is 0.148 e. The van der Waals surface area contributed by atoms with E-state index in [1.165, 1.54) is 11.1 Å². The van der Waals surface area contributed by atoms with Crippen molar-refractivity contribution in [3.8, 4) is 18.1 Å². The molecule has 31 heavy (non-hydrogen) atoms. The van der Waals surface area contributed by atoms with Gasteiger partial charge in [0.25, 0.3) is 0 Å². The van der Waals surface area contributed by atoms with Crippen molar-refractivity contribution < 1.29 is 9.47 Å². The van der Waals surface area contributed by atoms with Crippen LogP contribution in [0.3, 0.4) is 0 Å². The Morgan fingerprint density at radius 1 is 1.10 bits per heavy atom. The zero-order chi connectivity index (χ0) is 23.1. The molecule has 0 saturated carbocycles. The Labute approximate surface area is 189 Å². The molecule has 0 amide bonds. The van der Waals surface area contributed by atoms with Crippen LogP contribution in [0.4, 0.5) is 0 Å². The van der Waals surface area contributed by atoms with E-state index in [0.29, 0.717) is 6.61 Å². The number of terminal acetylenes is 1. The van der Waals surface area contributed by atoms with Crippen LogP contribution in [0.5, 0.6) is 5.75 Å². The average molecular weight is 417 g/mol. The van der Waals surface area contributed by atoms with Gasteiger partial charge in [0.2, 0.25) is 0 Å². The molecule has 0 spiro atoms. The summed E-state index contributed by atoms with van der Waals surface area (Å²) in [5.41, 5.74) is 4.08. The highest BCUT2D eigenvalue weighted by Gasteiger charge is 2.42. The second-order valence-electron chi connectivity index (χ2n) is 9.17. The van der Waals surface area contributed by atoms with Gasteiger partial charge in [-0.15, -0.1) is 6.42 Å². The van der Waals surface area contributed by atoms with Gasteiger partial charge in [0.15, 0.2) is 0 Å². The Hall–Kier alpha value is -2.76. The fourth-order valence-corrected chi connectivity index (χ4v) is 4.19. The number of hydrogen-bond acceptors (Lipinski definition) is 2. The molecule has 2 nitrogen and oxygen atoms in total. The Morgan fingerprint density at radius 2 is 1.77 bits per heavy atom.